The van der Waals surface area contributed by atoms with E-state index < -0.39 is 30.4 Å². The highest BCUT2D eigenvalue weighted by Crippen LogP contribution is 2.12. The first kappa shape index (κ1) is 26.5. The first-order valence-corrected chi connectivity index (χ1v) is 11.1. The lowest BCUT2D eigenvalue weighted by atomic mass is 10.2. The molecule has 11 heteroatoms. The summed E-state index contributed by atoms with van der Waals surface area (Å²) in [4.78, 5) is 59.0. The number of ether oxygens (including phenoxy) is 2. The fourth-order valence-corrected chi connectivity index (χ4v) is 2.84. The zero-order chi connectivity index (χ0) is 24.9. The lowest BCUT2D eigenvalue weighted by Gasteiger charge is -2.08. The van der Waals surface area contributed by atoms with Gasteiger partial charge in [-0.2, -0.15) is 0 Å². The van der Waals surface area contributed by atoms with Gasteiger partial charge in [0.1, 0.15) is 0 Å². The highest BCUT2D eigenvalue weighted by Gasteiger charge is 2.12. The molecule has 0 aliphatic rings. The van der Waals surface area contributed by atoms with Gasteiger partial charge < -0.3 is 14.8 Å². The monoisotopic (exact) mass is 533 g/mol. The van der Waals surface area contributed by atoms with Crippen LogP contribution >= 0.6 is 15.9 Å². The topological polar surface area (TPSA) is 140 Å². The highest BCUT2D eigenvalue weighted by atomic mass is 79.9. The third-order valence-corrected chi connectivity index (χ3v) is 4.78. The summed E-state index contributed by atoms with van der Waals surface area (Å²) < 4.78 is 10.5. The zero-order valence-electron chi connectivity index (χ0n) is 18.4. The van der Waals surface area contributed by atoms with Gasteiger partial charge >= 0.3 is 11.9 Å². The lowest BCUT2D eigenvalue weighted by Crippen LogP contribution is -2.43. The number of nitrogens with one attached hydrogen (secondary N) is 3. The Morgan fingerprint density at radius 2 is 1.44 bits per heavy atom. The molecular weight excluding hydrogens is 510 g/mol. The van der Waals surface area contributed by atoms with E-state index in [-0.39, 0.29) is 31.8 Å². The maximum atomic E-state index is 12.0. The fourth-order valence-electron chi connectivity index (χ4n) is 2.58. The van der Waals surface area contributed by atoms with Gasteiger partial charge in [-0.3, -0.25) is 30.0 Å². The number of amides is 3. The molecule has 2 aromatic carbocycles. The summed E-state index contributed by atoms with van der Waals surface area (Å²) in [5, 5.41) is 2.66. The maximum absolute atomic E-state index is 12.0. The number of benzene rings is 2. The Labute approximate surface area is 204 Å². The molecule has 0 spiro atoms. The number of anilines is 1. The summed E-state index contributed by atoms with van der Waals surface area (Å²) in [5.41, 5.74) is 5.58. The van der Waals surface area contributed by atoms with Crippen LogP contribution in [0.5, 0.6) is 0 Å². The molecular formula is C23H24BrN3O7. The molecule has 0 aromatic heterocycles. The Morgan fingerprint density at radius 1 is 0.794 bits per heavy atom. The molecule has 0 bridgehead atoms. The Balaban J connectivity index is 1.61. The Bertz CT molecular complexity index is 1020. The van der Waals surface area contributed by atoms with Crippen molar-refractivity contribution < 1.29 is 33.4 Å². The predicted octanol–water partition coefficient (Wildman–Crippen LogP) is 2.74. The Morgan fingerprint density at radius 3 is 2.09 bits per heavy atom. The van der Waals surface area contributed by atoms with Crippen molar-refractivity contribution in [2.24, 2.45) is 0 Å². The van der Waals surface area contributed by atoms with Crippen LogP contribution in [0.1, 0.15) is 46.9 Å². The van der Waals surface area contributed by atoms with Gasteiger partial charge in [-0.1, -0.05) is 15.9 Å². The van der Waals surface area contributed by atoms with Gasteiger partial charge in [-0.25, -0.2) is 4.79 Å². The van der Waals surface area contributed by atoms with Crippen molar-refractivity contribution in [3.63, 3.8) is 0 Å². The molecule has 2 aromatic rings. The molecule has 0 heterocycles. The van der Waals surface area contributed by atoms with Crippen molar-refractivity contribution in [3.8, 4) is 0 Å². The van der Waals surface area contributed by atoms with E-state index in [1.807, 2.05) is 0 Å². The summed E-state index contributed by atoms with van der Waals surface area (Å²) in [6.45, 7) is 1.41. The molecule has 0 fully saturated rings. The molecule has 3 amide bonds. The zero-order valence-corrected chi connectivity index (χ0v) is 20.0. The molecule has 0 saturated carbocycles. The van der Waals surface area contributed by atoms with E-state index in [4.69, 9.17) is 9.47 Å². The SMILES string of the molecule is CCOC(=O)c1ccc(NC(=O)CCCC(=O)OCC(=O)NNC(=O)c2ccc(Br)cc2)cc1. The molecule has 10 nitrogen and oxygen atoms in total. The Hall–Kier alpha value is -3.73. The van der Waals surface area contributed by atoms with Crippen molar-refractivity contribution in [2.45, 2.75) is 26.2 Å². The van der Waals surface area contributed by atoms with Gasteiger partial charge in [0.25, 0.3) is 11.8 Å². The second-order valence-electron chi connectivity index (χ2n) is 6.87. The van der Waals surface area contributed by atoms with E-state index in [0.29, 0.717) is 16.8 Å². The van der Waals surface area contributed by atoms with Gasteiger partial charge in [0.15, 0.2) is 6.61 Å². The predicted molar refractivity (Wildman–Crippen MR) is 126 cm³/mol. The van der Waals surface area contributed by atoms with E-state index >= 15 is 0 Å². The standard InChI is InChI=1S/C23H24BrN3O7/c1-2-33-23(32)16-8-12-18(13-9-16)25-19(28)4-3-5-21(30)34-14-20(29)26-27-22(31)15-6-10-17(24)11-7-15/h6-13H,2-5,14H2,1H3,(H,25,28)(H,26,29)(H,27,31). The van der Waals surface area contributed by atoms with Crippen LogP contribution in [0.15, 0.2) is 53.0 Å². The van der Waals surface area contributed by atoms with Gasteiger partial charge in [0.05, 0.1) is 12.2 Å². The van der Waals surface area contributed by atoms with Crippen LogP contribution in [0.2, 0.25) is 0 Å². The number of rotatable bonds is 10. The lowest BCUT2D eigenvalue weighted by molar-refractivity contribution is -0.148. The van der Waals surface area contributed by atoms with Crippen molar-refractivity contribution >= 4 is 51.3 Å². The van der Waals surface area contributed by atoms with Crippen LogP contribution in [0.3, 0.4) is 0 Å². The third-order valence-electron chi connectivity index (χ3n) is 4.25. The number of hydrogen-bond acceptors (Lipinski definition) is 7. The van der Waals surface area contributed by atoms with E-state index in [1.165, 1.54) is 12.1 Å². The van der Waals surface area contributed by atoms with Gasteiger partial charge in [-0.15, -0.1) is 0 Å². The van der Waals surface area contributed by atoms with E-state index in [1.54, 1.807) is 43.3 Å². The van der Waals surface area contributed by atoms with Crippen molar-refractivity contribution in [1.29, 1.82) is 0 Å². The Kier molecular flexibility index (Phi) is 10.7. The van der Waals surface area contributed by atoms with E-state index in [9.17, 15) is 24.0 Å². The second-order valence-corrected chi connectivity index (χ2v) is 7.79. The van der Waals surface area contributed by atoms with Gasteiger partial charge in [-0.05, 0) is 61.9 Å². The normalized spacial score (nSPS) is 10.1. The summed E-state index contributed by atoms with van der Waals surface area (Å²) >= 11 is 3.26. The highest BCUT2D eigenvalue weighted by molar-refractivity contribution is 9.10. The number of carbonyl (C=O) groups excluding carboxylic acids is 5. The van der Waals surface area contributed by atoms with Crippen molar-refractivity contribution in [3.05, 3.63) is 64.1 Å². The first-order chi connectivity index (χ1) is 16.3. The average Bonchev–Trinajstić information content (AvgIpc) is 2.82. The quantitative estimate of drug-likeness (QED) is 0.315. The van der Waals surface area contributed by atoms with Gasteiger partial charge in [0, 0.05) is 28.6 Å². The minimum atomic E-state index is -0.706. The van der Waals surface area contributed by atoms with Crippen LogP contribution in [0.25, 0.3) is 0 Å². The fraction of sp³-hybridized carbons (Fsp3) is 0.261. The second kappa shape index (κ2) is 13.7. The number of hydrazine groups is 1. The molecule has 0 aliphatic heterocycles. The number of carbonyl (C=O) groups is 5. The summed E-state index contributed by atoms with van der Waals surface area (Å²) in [5.74, 6) is -2.64. The first-order valence-electron chi connectivity index (χ1n) is 10.4. The minimum Gasteiger partial charge on any atom is -0.462 e. The van der Waals surface area contributed by atoms with Crippen molar-refractivity contribution in [2.75, 3.05) is 18.5 Å². The molecule has 3 N–H and O–H groups in total. The van der Waals surface area contributed by atoms with Crippen LogP contribution in [-0.2, 0) is 23.9 Å². The van der Waals surface area contributed by atoms with Gasteiger partial charge in [0.2, 0.25) is 5.91 Å². The van der Waals surface area contributed by atoms with E-state index in [0.717, 1.165) is 4.47 Å². The number of esters is 2. The van der Waals surface area contributed by atoms with Crippen LogP contribution < -0.4 is 16.2 Å². The molecule has 0 unspecified atom stereocenters. The largest absolute Gasteiger partial charge is 0.462 e. The van der Waals surface area contributed by atoms with Crippen molar-refractivity contribution in [1.82, 2.24) is 10.9 Å². The molecule has 180 valence electrons. The maximum Gasteiger partial charge on any atom is 0.338 e. The summed E-state index contributed by atoms with van der Waals surface area (Å²) in [6.07, 6.45) is 0.214. The number of hydrogen-bond donors (Lipinski definition) is 3. The van der Waals surface area contributed by atoms with Crippen LogP contribution in [0.4, 0.5) is 5.69 Å². The van der Waals surface area contributed by atoms with Crippen LogP contribution in [-0.4, -0.2) is 42.9 Å². The summed E-state index contributed by atoms with van der Waals surface area (Å²) in [6, 6.07) is 12.7. The molecule has 2 rings (SSSR count). The summed E-state index contributed by atoms with van der Waals surface area (Å²) in [7, 11) is 0. The average molecular weight is 534 g/mol. The molecule has 34 heavy (non-hydrogen) atoms. The molecule has 0 radical (unpaired) electrons. The smallest absolute Gasteiger partial charge is 0.338 e. The van der Waals surface area contributed by atoms with Crippen LogP contribution in [0, 0.1) is 0 Å². The minimum absolute atomic E-state index is 0.0597. The number of halogens is 1. The molecule has 0 saturated heterocycles. The molecule has 0 atom stereocenters. The third kappa shape index (κ3) is 9.41. The van der Waals surface area contributed by atoms with E-state index in [2.05, 4.69) is 32.1 Å². The molecule has 0 aliphatic carbocycles.